The maximum Gasteiger partial charge on any atom is 0.408 e. The predicted molar refractivity (Wildman–Crippen MR) is 137 cm³/mol. The molecule has 37 heavy (non-hydrogen) atoms. The standard InChI is InChI=1S/C27H33ClFN5O3/c1-18-24(28)25(34(36)37)30-33(18)27-13-20-9-21(14-27)12-26(11-20,17-27)15-23(35)32-7-5-31(6-8-32)16-19-3-2-4-22(29)10-19/h2-4,10,20-21H,5-9,11-17H2,1H3. The van der Waals surface area contributed by atoms with Crippen LogP contribution in [0.25, 0.3) is 0 Å². The molecule has 198 valence electrons. The van der Waals surface area contributed by atoms with Gasteiger partial charge in [-0.25, -0.2) is 4.39 Å². The fraction of sp³-hybridized carbons (Fsp3) is 0.630. The second kappa shape index (κ2) is 9.05. The number of carbonyl (C=O) groups is 1. The molecule has 2 atom stereocenters. The van der Waals surface area contributed by atoms with Crippen LogP contribution in [0.5, 0.6) is 0 Å². The number of hydrogen-bond acceptors (Lipinski definition) is 5. The molecule has 1 saturated heterocycles. The minimum Gasteiger partial charge on any atom is -0.358 e. The third-order valence-corrected chi connectivity index (χ3v) is 9.79. The maximum atomic E-state index is 13.6. The van der Waals surface area contributed by atoms with Crippen LogP contribution in [-0.2, 0) is 16.9 Å². The summed E-state index contributed by atoms with van der Waals surface area (Å²) < 4.78 is 15.4. The lowest BCUT2D eigenvalue weighted by molar-refractivity contribution is -0.389. The summed E-state index contributed by atoms with van der Waals surface area (Å²) in [4.78, 5) is 28.9. The van der Waals surface area contributed by atoms with Crippen LogP contribution in [0.15, 0.2) is 24.3 Å². The second-order valence-corrected chi connectivity index (χ2v) is 12.4. The zero-order valence-corrected chi connectivity index (χ0v) is 21.9. The van der Waals surface area contributed by atoms with Crippen LogP contribution < -0.4 is 0 Å². The van der Waals surface area contributed by atoms with Crippen LogP contribution in [0.2, 0.25) is 5.02 Å². The molecule has 7 rings (SSSR count). The Bertz CT molecular complexity index is 1230. The van der Waals surface area contributed by atoms with Gasteiger partial charge in [-0.05, 0) is 85.3 Å². The monoisotopic (exact) mass is 529 g/mol. The van der Waals surface area contributed by atoms with E-state index in [1.807, 2.05) is 22.6 Å². The Morgan fingerprint density at radius 1 is 1.19 bits per heavy atom. The van der Waals surface area contributed by atoms with E-state index in [0.29, 0.717) is 43.6 Å². The van der Waals surface area contributed by atoms with Crippen molar-refractivity contribution < 1.29 is 14.1 Å². The molecule has 2 unspecified atom stereocenters. The molecule has 1 aromatic carbocycles. The van der Waals surface area contributed by atoms with E-state index in [0.717, 1.165) is 50.8 Å². The number of aromatic nitrogens is 2. The minimum atomic E-state index is -0.500. The van der Waals surface area contributed by atoms with Gasteiger partial charge in [-0.15, -0.1) is 0 Å². The van der Waals surface area contributed by atoms with Crippen LogP contribution in [0, 0.1) is 40.1 Å². The van der Waals surface area contributed by atoms with Gasteiger partial charge in [-0.3, -0.25) is 9.69 Å². The summed E-state index contributed by atoms with van der Waals surface area (Å²) >= 11 is 6.33. The second-order valence-electron chi connectivity index (χ2n) is 12.0. The molecule has 2 heterocycles. The van der Waals surface area contributed by atoms with Gasteiger partial charge >= 0.3 is 5.82 Å². The zero-order valence-electron chi connectivity index (χ0n) is 21.2. The van der Waals surface area contributed by atoms with E-state index in [-0.39, 0.29) is 33.5 Å². The normalized spacial score (nSPS) is 31.2. The zero-order chi connectivity index (χ0) is 25.9. The smallest absolute Gasteiger partial charge is 0.358 e. The number of halogens is 2. The SMILES string of the molecule is Cc1c(Cl)c([N+](=O)[O-])nn1C12CC3CC(CC(CC(=O)N4CCN(Cc5cccc(F)c5)CC4)(C3)C1)C2. The molecule has 0 spiro atoms. The minimum absolute atomic E-state index is 0.0838. The van der Waals surface area contributed by atoms with E-state index < -0.39 is 4.92 Å². The van der Waals surface area contributed by atoms with E-state index >= 15 is 0 Å². The average Bonchev–Trinajstić information content (AvgIpc) is 3.14. The first-order valence-corrected chi connectivity index (χ1v) is 13.7. The van der Waals surface area contributed by atoms with Gasteiger partial charge in [0.25, 0.3) is 0 Å². The number of rotatable bonds is 6. The van der Waals surface area contributed by atoms with Crippen LogP contribution in [0.4, 0.5) is 10.2 Å². The van der Waals surface area contributed by atoms with Crippen LogP contribution in [0.1, 0.15) is 56.2 Å². The molecule has 2 aromatic rings. The molecule has 4 bridgehead atoms. The van der Waals surface area contributed by atoms with E-state index in [1.54, 1.807) is 12.1 Å². The van der Waals surface area contributed by atoms with Gasteiger partial charge in [-0.2, -0.15) is 4.68 Å². The molecular formula is C27H33ClFN5O3. The first-order chi connectivity index (χ1) is 17.7. The number of nitrogens with zero attached hydrogens (tertiary/aromatic N) is 5. The fourth-order valence-corrected chi connectivity index (χ4v) is 8.57. The molecule has 1 amide bonds. The summed E-state index contributed by atoms with van der Waals surface area (Å²) in [6, 6.07) is 6.70. The Balaban J connectivity index is 1.15. The molecule has 8 nitrogen and oxygen atoms in total. The molecule has 4 saturated carbocycles. The van der Waals surface area contributed by atoms with Crippen molar-refractivity contribution in [2.24, 2.45) is 17.3 Å². The average molecular weight is 530 g/mol. The number of piperazine rings is 1. The number of carbonyl (C=O) groups excluding carboxylic acids is 1. The molecule has 1 aromatic heterocycles. The van der Waals surface area contributed by atoms with Crippen molar-refractivity contribution in [3.63, 3.8) is 0 Å². The summed E-state index contributed by atoms with van der Waals surface area (Å²) in [7, 11) is 0. The maximum absolute atomic E-state index is 13.6. The summed E-state index contributed by atoms with van der Waals surface area (Å²) in [5.74, 6) is 0.749. The summed E-state index contributed by atoms with van der Waals surface area (Å²) in [6.45, 7) is 5.43. The van der Waals surface area contributed by atoms with Crippen LogP contribution in [-0.4, -0.2) is 56.6 Å². The van der Waals surface area contributed by atoms with E-state index in [2.05, 4.69) is 10.00 Å². The lowest BCUT2D eigenvalue weighted by Crippen LogP contribution is -2.58. The van der Waals surface area contributed by atoms with Crippen molar-refractivity contribution in [1.29, 1.82) is 0 Å². The third kappa shape index (κ3) is 4.44. The molecule has 5 aliphatic rings. The van der Waals surface area contributed by atoms with E-state index in [4.69, 9.17) is 11.6 Å². The van der Waals surface area contributed by atoms with E-state index in [1.165, 1.54) is 12.5 Å². The molecule has 1 aliphatic heterocycles. The number of amides is 1. The number of benzene rings is 1. The quantitative estimate of drug-likeness (QED) is 0.391. The van der Waals surface area contributed by atoms with Gasteiger partial charge in [0.15, 0.2) is 5.02 Å². The summed E-state index contributed by atoms with van der Waals surface area (Å²) in [6.07, 6.45) is 6.53. The highest BCUT2D eigenvalue weighted by Gasteiger charge is 2.61. The highest BCUT2D eigenvalue weighted by Crippen LogP contribution is 2.65. The number of hydrogen-bond donors (Lipinski definition) is 0. The van der Waals surface area contributed by atoms with Gasteiger partial charge in [0.1, 0.15) is 5.82 Å². The molecular weight excluding hydrogens is 497 g/mol. The molecule has 5 fully saturated rings. The van der Waals surface area contributed by atoms with Gasteiger partial charge in [0.05, 0.1) is 16.3 Å². The van der Waals surface area contributed by atoms with Crippen molar-refractivity contribution in [2.75, 3.05) is 26.2 Å². The summed E-state index contributed by atoms with van der Waals surface area (Å²) in [5, 5.41) is 16.0. The predicted octanol–water partition coefficient (Wildman–Crippen LogP) is 4.92. The summed E-state index contributed by atoms with van der Waals surface area (Å²) in [5.41, 5.74) is 1.23. The highest BCUT2D eigenvalue weighted by atomic mass is 35.5. The Morgan fingerprint density at radius 3 is 2.51 bits per heavy atom. The van der Waals surface area contributed by atoms with Crippen molar-refractivity contribution >= 4 is 23.3 Å². The van der Waals surface area contributed by atoms with Gasteiger partial charge in [0, 0.05) is 39.1 Å². The topological polar surface area (TPSA) is 84.5 Å². The Kier molecular flexibility index (Phi) is 6.06. The van der Waals surface area contributed by atoms with Gasteiger partial charge in [0.2, 0.25) is 5.91 Å². The van der Waals surface area contributed by atoms with Crippen molar-refractivity contribution in [3.05, 3.63) is 56.5 Å². The van der Waals surface area contributed by atoms with Crippen LogP contribution in [0.3, 0.4) is 0 Å². The lowest BCUT2D eigenvalue weighted by Gasteiger charge is -2.61. The first kappa shape index (κ1) is 24.8. The third-order valence-electron chi connectivity index (χ3n) is 9.35. The van der Waals surface area contributed by atoms with Gasteiger partial charge < -0.3 is 15.0 Å². The van der Waals surface area contributed by atoms with Crippen LogP contribution >= 0.6 is 11.6 Å². The molecule has 10 heteroatoms. The fourth-order valence-electron chi connectivity index (χ4n) is 8.38. The molecule has 0 N–H and O–H groups in total. The first-order valence-electron chi connectivity index (χ1n) is 13.3. The highest BCUT2D eigenvalue weighted by molar-refractivity contribution is 6.33. The Morgan fingerprint density at radius 2 is 1.89 bits per heavy atom. The van der Waals surface area contributed by atoms with E-state index in [9.17, 15) is 19.3 Å². The lowest BCUT2D eigenvalue weighted by atomic mass is 9.46. The Hall–Kier alpha value is -2.52. The molecule has 0 radical (unpaired) electrons. The number of nitro groups is 1. The van der Waals surface area contributed by atoms with Crippen molar-refractivity contribution in [1.82, 2.24) is 19.6 Å². The van der Waals surface area contributed by atoms with Crippen molar-refractivity contribution in [3.8, 4) is 0 Å². The van der Waals surface area contributed by atoms with Crippen molar-refractivity contribution in [2.45, 2.75) is 64.0 Å². The molecule has 4 aliphatic carbocycles. The van der Waals surface area contributed by atoms with Gasteiger partial charge in [-0.1, -0.05) is 23.7 Å². The largest absolute Gasteiger partial charge is 0.408 e. The Labute approximate surface area is 220 Å².